The fraction of sp³-hybridized carbons (Fsp3) is 0.667. The van der Waals surface area contributed by atoms with Crippen molar-refractivity contribution in [2.45, 2.75) is 31.8 Å². The Kier molecular flexibility index (Phi) is 7.34. The van der Waals surface area contributed by atoms with Crippen molar-refractivity contribution in [3.63, 3.8) is 0 Å². The summed E-state index contributed by atoms with van der Waals surface area (Å²) in [6.07, 6.45) is 0.480. The molecule has 0 spiro atoms. The number of ether oxygens (including phenoxy) is 3. The second-order valence-electron chi connectivity index (χ2n) is 5.55. The van der Waals surface area contributed by atoms with Crippen LogP contribution in [0, 0.1) is 11.8 Å². The van der Waals surface area contributed by atoms with Gasteiger partial charge in [-0.2, -0.15) is 0 Å². The van der Waals surface area contributed by atoms with Crippen LogP contribution in [0.15, 0.2) is 0 Å². The lowest BCUT2D eigenvalue weighted by atomic mass is 9.87. The van der Waals surface area contributed by atoms with Gasteiger partial charge in [0.25, 0.3) is 0 Å². The maximum Gasteiger partial charge on any atom is 0.328 e. The lowest BCUT2D eigenvalue weighted by Gasteiger charge is -2.27. The molecule has 1 aliphatic heterocycles. The third-order valence-electron chi connectivity index (χ3n) is 4.03. The van der Waals surface area contributed by atoms with Crippen LogP contribution >= 0.6 is 0 Å². The Bertz CT molecular complexity index is 546. The molecule has 0 aromatic rings. The van der Waals surface area contributed by atoms with Crippen molar-refractivity contribution in [3.8, 4) is 0 Å². The summed E-state index contributed by atoms with van der Waals surface area (Å²) in [5.41, 5.74) is 0. The van der Waals surface area contributed by atoms with Gasteiger partial charge in [0.1, 0.15) is 12.1 Å². The number of carbonyl (C=O) groups excluding carboxylic acids is 5. The van der Waals surface area contributed by atoms with Crippen LogP contribution in [-0.2, 0) is 38.2 Å². The van der Waals surface area contributed by atoms with Crippen LogP contribution < -0.4 is 10.6 Å². The highest BCUT2D eigenvalue weighted by Gasteiger charge is 2.43. The Morgan fingerprint density at radius 3 is 1.96 bits per heavy atom. The van der Waals surface area contributed by atoms with E-state index < -0.39 is 47.7 Å². The summed E-state index contributed by atoms with van der Waals surface area (Å²) in [6.45, 7) is 1.41. The van der Waals surface area contributed by atoms with Crippen LogP contribution in [0.3, 0.4) is 0 Å². The van der Waals surface area contributed by atoms with Gasteiger partial charge < -0.3 is 24.8 Å². The largest absolute Gasteiger partial charge is 0.468 e. The normalized spacial score (nSPS) is 18.8. The van der Waals surface area contributed by atoms with Crippen molar-refractivity contribution in [1.29, 1.82) is 0 Å². The van der Waals surface area contributed by atoms with Crippen LogP contribution in [0.25, 0.3) is 0 Å². The van der Waals surface area contributed by atoms with Crippen LogP contribution in [-0.4, -0.2) is 63.1 Å². The second-order valence-corrected chi connectivity index (χ2v) is 5.55. The standard InChI is InChI=1S/C15H22N2O8/c1-7(10(13(20)23-2)14(21)24-3)11(15(22)25-4)17-12(19)8-5-6-9(18)16-8/h7-8,10-11H,5-6H2,1-4H3,(H,16,18)(H,17,19)/t7-,8-,11+/m0/s1. The molecule has 0 aromatic carbocycles. The summed E-state index contributed by atoms with van der Waals surface area (Å²) in [7, 11) is 3.28. The average Bonchev–Trinajstić information content (AvgIpc) is 3.04. The first-order valence-corrected chi connectivity index (χ1v) is 7.60. The first-order chi connectivity index (χ1) is 11.8. The van der Waals surface area contributed by atoms with Gasteiger partial charge in [0.05, 0.1) is 21.3 Å². The molecule has 0 bridgehead atoms. The van der Waals surface area contributed by atoms with Crippen molar-refractivity contribution in [1.82, 2.24) is 10.6 Å². The molecule has 2 amide bonds. The van der Waals surface area contributed by atoms with Crippen LogP contribution in [0.4, 0.5) is 0 Å². The van der Waals surface area contributed by atoms with Crippen molar-refractivity contribution in [2.24, 2.45) is 11.8 Å². The number of rotatable bonds is 7. The van der Waals surface area contributed by atoms with Gasteiger partial charge in [-0.25, -0.2) is 4.79 Å². The minimum absolute atomic E-state index is 0.198. The Hall–Kier alpha value is -2.65. The van der Waals surface area contributed by atoms with E-state index in [0.29, 0.717) is 0 Å². The molecule has 1 rings (SSSR count). The molecule has 3 atom stereocenters. The van der Waals surface area contributed by atoms with Crippen molar-refractivity contribution >= 4 is 29.7 Å². The highest BCUT2D eigenvalue weighted by atomic mass is 16.5. The molecular formula is C15H22N2O8. The van der Waals surface area contributed by atoms with E-state index in [0.717, 1.165) is 21.3 Å². The molecule has 0 saturated carbocycles. The first kappa shape index (κ1) is 20.4. The number of nitrogens with one attached hydrogen (secondary N) is 2. The predicted octanol–water partition coefficient (Wildman–Crippen LogP) is -1.48. The average molecular weight is 358 g/mol. The van der Waals surface area contributed by atoms with E-state index in [2.05, 4.69) is 24.8 Å². The van der Waals surface area contributed by atoms with Gasteiger partial charge in [-0.05, 0) is 6.42 Å². The van der Waals surface area contributed by atoms with Gasteiger partial charge in [0.2, 0.25) is 11.8 Å². The summed E-state index contributed by atoms with van der Waals surface area (Å²) >= 11 is 0. The molecule has 0 aliphatic carbocycles. The molecule has 0 aromatic heterocycles. The van der Waals surface area contributed by atoms with E-state index >= 15 is 0 Å². The summed E-state index contributed by atoms with van der Waals surface area (Å²) in [6, 6.07) is -2.10. The lowest BCUT2D eigenvalue weighted by molar-refractivity contribution is -0.163. The monoisotopic (exact) mass is 358 g/mol. The third-order valence-corrected chi connectivity index (χ3v) is 4.03. The number of carbonyl (C=O) groups is 5. The van der Waals surface area contributed by atoms with Crippen molar-refractivity contribution in [3.05, 3.63) is 0 Å². The molecule has 10 nitrogen and oxygen atoms in total. The van der Waals surface area contributed by atoms with Gasteiger partial charge in [0, 0.05) is 12.3 Å². The lowest BCUT2D eigenvalue weighted by Crippen LogP contribution is -2.54. The Morgan fingerprint density at radius 1 is 1.04 bits per heavy atom. The Labute approximate surface area is 144 Å². The predicted molar refractivity (Wildman–Crippen MR) is 81.8 cm³/mol. The highest BCUT2D eigenvalue weighted by Crippen LogP contribution is 2.21. The first-order valence-electron chi connectivity index (χ1n) is 7.60. The molecule has 1 heterocycles. The zero-order valence-corrected chi connectivity index (χ0v) is 14.5. The number of methoxy groups -OCH3 is 3. The summed E-state index contributed by atoms with van der Waals surface area (Å²) < 4.78 is 13.8. The molecule has 1 aliphatic rings. The highest BCUT2D eigenvalue weighted by molar-refractivity contribution is 5.97. The maximum atomic E-state index is 12.3. The number of hydrogen-bond donors (Lipinski definition) is 2. The minimum Gasteiger partial charge on any atom is -0.468 e. The number of hydrogen-bond acceptors (Lipinski definition) is 8. The molecule has 25 heavy (non-hydrogen) atoms. The van der Waals surface area contributed by atoms with E-state index in [1.807, 2.05) is 0 Å². The minimum atomic E-state index is -1.43. The fourth-order valence-electron chi connectivity index (χ4n) is 2.57. The molecule has 0 unspecified atom stereocenters. The Balaban J connectivity index is 3.00. The molecule has 2 N–H and O–H groups in total. The zero-order valence-electron chi connectivity index (χ0n) is 14.5. The number of amides is 2. The molecular weight excluding hydrogens is 336 g/mol. The SMILES string of the molecule is COC(=O)C(C(=O)OC)[C@H](C)[C@@H](NC(=O)[C@@H]1CCC(=O)N1)C(=O)OC. The van der Waals surface area contributed by atoms with Crippen LogP contribution in [0.1, 0.15) is 19.8 Å². The third kappa shape index (κ3) is 4.91. The van der Waals surface area contributed by atoms with E-state index in [4.69, 9.17) is 0 Å². The molecule has 0 radical (unpaired) electrons. The topological polar surface area (TPSA) is 137 Å². The van der Waals surface area contributed by atoms with Crippen LogP contribution in [0.2, 0.25) is 0 Å². The van der Waals surface area contributed by atoms with E-state index in [1.54, 1.807) is 0 Å². The maximum absolute atomic E-state index is 12.3. The fourth-order valence-corrected chi connectivity index (χ4v) is 2.57. The van der Waals surface area contributed by atoms with E-state index in [-0.39, 0.29) is 18.7 Å². The molecule has 1 fully saturated rings. The smallest absolute Gasteiger partial charge is 0.328 e. The zero-order chi connectivity index (χ0) is 19.1. The van der Waals surface area contributed by atoms with Gasteiger partial charge in [0.15, 0.2) is 5.92 Å². The van der Waals surface area contributed by atoms with Gasteiger partial charge in [-0.1, -0.05) is 6.92 Å². The van der Waals surface area contributed by atoms with Gasteiger partial charge >= 0.3 is 17.9 Å². The van der Waals surface area contributed by atoms with Gasteiger partial charge in [-0.3, -0.25) is 19.2 Å². The number of esters is 3. The van der Waals surface area contributed by atoms with Crippen molar-refractivity contribution in [2.75, 3.05) is 21.3 Å². The van der Waals surface area contributed by atoms with Crippen LogP contribution in [0.5, 0.6) is 0 Å². The molecule has 140 valence electrons. The Morgan fingerprint density at radius 2 is 1.56 bits per heavy atom. The summed E-state index contributed by atoms with van der Waals surface area (Å²) in [5, 5.41) is 4.89. The van der Waals surface area contributed by atoms with E-state index in [1.165, 1.54) is 6.92 Å². The summed E-state index contributed by atoms with van der Waals surface area (Å²) in [4.78, 5) is 59.4. The summed E-state index contributed by atoms with van der Waals surface area (Å²) in [5.74, 6) is -5.98. The second kappa shape index (κ2) is 9.00. The van der Waals surface area contributed by atoms with Crippen molar-refractivity contribution < 1.29 is 38.2 Å². The molecule has 10 heteroatoms. The molecule has 1 saturated heterocycles. The van der Waals surface area contributed by atoms with Gasteiger partial charge in [-0.15, -0.1) is 0 Å². The quantitative estimate of drug-likeness (QED) is 0.319. The van der Waals surface area contributed by atoms with E-state index in [9.17, 15) is 24.0 Å².